The topological polar surface area (TPSA) is 52.8 Å². The maximum atomic E-state index is 5.33. The molecule has 0 fully saturated rings. The Bertz CT molecular complexity index is 1070. The summed E-state index contributed by atoms with van der Waals surface area (Å²) in [5.74, 6) is 2.02. The SMILES string of the molecule is C.COc1ccc(C(Cc2cccc(-c3cncnc3)c2)c2cn(C)c(C)n2)cc1. The fourth-order valence-corrected chi connectivity index (χ4v) is 3.55. The van der Waals surface area contributed by atoms with Crippen molar-refractivity contribution in [3.63, 3.8) is 0 Å². The second kappa shape index (κ2) is 9.35. The molecule has 0 bridgehead atoms. The van der Waals surface area contributed by atoms with Crippen molar-refractivity contribution in [2.24, 2.45) is 7.05 Å². The quantitative estimate of drug-likeness (QED) is 0.446. The molecule has 0 saturated heterocycles. The van der Waals surface area contributed by atoms with Gasteiger partial charge in [-0.05, 0) is 42.2 Å². The lowest BCUT2D eigenvalue weighted by Crippen LogP contribution is -2.06. The molecular weight excluding hydrogens is 372 g/mol. The zero-order valence-corrected chi connectivity index (χ0v) is 16.9. The number of benzene rings is 2. The van der Waals surface area contributed by atoms with Crippen molar-refractivity contribution >= 4 is 0 Å². The largest absolute Gasteiger partial charge is 0.497 e. The number of aryl methyl sites for hydroxylation is 2. The number of imidazole rings is 1. The monoisotopic (exact) mass is 400 g/mol. The third-order valence-electron chi connectivity index (χ3n) is 5.26. The van der Waals surface area contributed by atoms with E-state index in [1.54, 1.807) is 13.4 Å². The number of aromatic nitrogens is 4. The van der Waals surface area contributed by atoms with Crippen molar-refractivity contribution in [2.45, 2.75) is 26.7 Å². The maximum Gasteiger partial charge on any atom is 0.118 e. The van der Waals surface area contributed by atoms with E-state index in [4.69, 9.17) is 9.72 Å². The molecule has 0 N–H and O–H groups in total. The minimum atomic E-state index is 0. The Kier molecular flexibility index (Phi) is 6.62. The maximum absolute atomic E-state index is 5.33. The Morgan fingerprint density at radius 3 is 2.37 bits per heavy atom. The zero-order valence-electron chi connectivity index (χ0n) is 16.9. The van der Waals surface area contributed by atoms with Gasteiger partial charge in [0.25, 0.3) is 0 Å². The van der Waals surface area contributed by atoms with Crippen molar-refractivity contribution in [3.05, 3.63) is 96.1 Å². The lowest BCUT2D eigenvalue weighted by Gasteiger charge is -2.17. The summed E-state index contributed by atoms with van der Waals surface area (Å²) < 4.78 is 7.40. The van der Waals surface area contributed by atoms with Crippen LogP contribution in [-0.2, 0) is 13.5 Å². The highest BCUT2D eigenvalue weighted by Gasteiger charge is 2.19. The van der Waals surface area contributed by atoms with Crippen LogP contribution in [0.3, 0.4) is 0 Å². The van der Waals surface area contributed by atoms with Gasteiger partial charge in [-0.2, -0.15) is 0 Å². The van der Waals surface area contributed by atoms with Crippen LogP contribution in [0.2, 0.25) is 0 Å². The molecule has 4 rings (SSSR count). The van der Waals surface area contributed by atoms with Crippen molar-refractivity contribution < 1.29 is 4.74 Å². The van der Waals surface area contributed by atoms with E-state index in [0.29, 0.717) is 0 Å². The predicted octanol–water partition coefficient (Wildman–Crippen LogP) is 5.20. The van der Waals surface area contributed by atoms with E-state index < -0.39 is 0 Å². The van der Waals surface area contributed by atoms with E-state index in [0.717, 1.165) is 34.8 Å². The highest BCUT2D eigenvalue weighted by atomic mass is 16.5. The average molecular weight is 401 g/mol. The van der Waals surface area contributed by atoms with Crippen molar-refractivity contribution in [1.82, 2.24) is 19.5 Å². The number of hydrogen-bond donors (Lipinski definition) is 0. The van der Waals surface area contributed by atoms with E-state index in [1.807, 2.05) is 38.5 Å². The van der Waals surface area contributed by atoms with Gasteiger partial charge >= 0.3 is 0 Å². The Morgan fingerprint density at radius 1 is 1.00 bits per heavy atom. The van der Waals surface area contributed by atoms with Crippen LogP contribution in [0.4, 0.5) is 0 Å². The van der Waals surface area contributed by atoms with Crippen LogP contribution in [0, 0.1) is 6.92 Å². The summed E-state index contributed by atoms with van der Waals surface area (Å²) in [6.45, 7) is 2.03. The summed E-state index contributed by atoms with van der Waals surface area (Å²) in [5.41, 5.74) is 5.68. The number of rotatable bonds is 6. The van der Waals surface area contributed by atoms with Gasteiger partial charge < -0.3 is 9.30 Å². The first-order chi connectivity index (χ1) is 14.1. The second-order valence-corrected chi connectivity index (χ2v) is 7.18. The van der Waals surface area contributed by atoms with Crippen LogP contribution in [0.5, 0.6) is 5.75 Å². The number of methoxy groups -OCH3 is 1. The summed E-state index contributed by atoms with van der Waals surface area (Å²) in [5, 5.41) is 0. The Morgan fingerprint density at radius 2 is 1.73 bits per heavy atom. The summed E-state index contributed by atoms with van der Waals surface area (Å²) in [7, 11) is 3.72. The standard InChI is InChI=1S/C24H24N4O.CH4/c1-17-27-24(15-28(17)2)23(19-7-9-22(29-3)10-8-19)12-18-5-4-6-20(11-18)21-13-25-16-26-14-21;/h4-11,13-16,23H,12H2,1-3H3;1H4. The van der Waals surface area contributed by atoms with Gasteiger partial charge in [-0.3, -0.25) is 0 Å². The molecule has 0 saturated carbocycles. The molecule has 1 atom stereocenters. The summed E-state index contributed by atoms with van der Waals surface area (Å²) in [6, 6.07) is 16.8. The minimum Gasteiger partial charge on any atom is -0.497 e. The van der Waals surface area contributed by atoms with Gasteiger partial charge in [-0.15, -0.1) is 0 Å². The van der Waals surface area contributed by atoms with Gasteiger partial charge in [-0.1, -0.05) is 43.8 Å². The molecule has 0 radical (unpaired) electrons. The molecule has 154 valence electrons. The first kappa shape index (κ1) is 21.2. The molecule has 0 spiro atoms. The molecule has 2 aromatic carbocycles. The Hall–Kier alpha value is -3.47. The summed E-state index contributed by atoms with van der Waals surface area (Å²) >= 11 is 0. The third-order valence-corrected chi connectivity index (χ3v) is 5.26. The van der Waals surface area contributed by atoms with Crippen LogP contribution in [0.1, 0.15) is 36.0 Å². The highest BCUT2D eigenvalue weighted by Crippen LogP contribution is 2.30. The molecular formula is C25H28N4O. The number of ether oxygens (including phenoxy) is 1. The smallest absolute Gasteiger partial charge is 0.118 e. The van der Waals surface area contributed by atoms with Crippen LogP contribution < -0.4 is 4.74 Å². The van der Waals surface area contributed by atoms with E-state index in [-0.39, 0.29) is 13.3 Å². The van der Waals surface area contributed by atoms with Gasteiger partial charge in [-0.25, -0.2) is 15.0 Å². The van der Waals surface area contributed by atoms with Crippen LogP contribution in [0.15, 0.2) is 73.4 Å². The first-order valence-corrected chi connectivity index (χ1v) is 9.62. The van der Waals surface area contributed by atoms with Gasteiger partial charge in [0, 0.05) is 37.1 Å². The molecule has 2 aromatic heterocycles. The summed E-state index contributed by atoms with van der Waals surface area (Å²) in [6.07, 6.45) is 8.21. The van der Waals surface area contributed by atoms with Gasteiger partial charge in [0.2, 0.25) is 0 Å². The van der Waals surface area contributed by atoms with Crippen LogP contribution in [-0.4, -0.2) is 26.6 Å². The average Bonchev–Trinajstić information content (AvgIpc) is 3.11. The minimum absolute atomic E-state index is 0. The first-order valence-electron chi connectivity index (χ1n) is 9.62. The highest BCUT2D eigenvalue weighted by molar-refractivity contribution is 5.62. The molecule has 0 aliphatic carbocycles. The lowest BCUT2D eigenvalue weighted by atomic mass is 9.88. The van der Waals surface area contributed by atoms with Crippen molar-refractivity contribution in [1.29, 1.82) is 0 Å². The second-order valence-electron chi connectivity index (χ2n) is 7.18. The zero-order chi connectivity index (χ0) is 20.2. The molecule has 0 aliphatic heterocycles. The van der Waals surface area contributed by atoms with Crippen molar-refractivity contribution in [2.75, 3.05) is 7.11 Å². The fourth-order valence-electron chi connectivity index (χ4n) is 3.55. The number of hydrogen-bond acceptors (Lipinski definition) is 4. The molecule has 5 heteroatoms. The van der Waals surface area contributed by atoms with Crippen LogP contribution >= 0.6 is 0 Å². The molecule has 5 nitrogen and oxygen atoms in total. The van der Waals surface area contributed by atoms with E-state index in [1.165, 1.54) is 11.1 Å². The van der Waals surface area contributed by atoms with E-state index >= 15 is 0 Å². The third kappa shape index (κ3) is 4.57. The van der Waals surface area contributed by atoms with Crippen molar-refractivity contribution in [3.8, 4) is 16.9 Å². The molecule has 0 amide bonds. The molecule has 0 aliphatic rings. The Labute approximate surface area is 178 Å². The van der Waals surface area contributed by atoms with Gasteiger partial charge in [0.15, 0.2) is 0 Å². The van der Waals surface area contributed by atoms with Gasteiger partial charge in [0.1, 0.15) is 17.9 Å². The van der Waals surface area contributed by atoms with E-state index in [9.17, 15) is 0 Å². The predicted molar refractivity (Wildman–Crippen MR) is 121 cm³/mol. The fraction of sp³-hybridized carbons (Fsp3) is 0.240. The van der Waals surface area contributed by atoms with E-state index in [2.05, 4.69) is 57.1 Å². The molecule has 2 heterocycles. The normalized spacial score (nSPS) is 11.6. The molecule has 30 heavy (non-hydrogen) atoms. The number of nitrogens with zero attached hydrogens (tertiary/aromatic N) is 4. The lowest BCUT2D eigenvalue weighted by molar-refractivity contribution is 0.414. The van der Waals surface area contributed by atoms with Gasteiger partial charge in [0.05, 0.1) is 12.8 Å². The molecule has 4 aromatic rings. The van der Waals surface area contributed by atoms with Crippen LogP contribution in [0.25, 0.3) is 11.1 Å². The summed E-state index contributed by atoms with van der Waals surface area (Å²) in [4.78, 5) is 13.1. The Balaban J connectivity index is 0.00000256. The molecule has 1 unspecified atom stereocenters.